The predicted molar refractivity (Wildman–Crippen MR) is 124 cm³/mol. The quantitative estimate of drug-likeness (QED) is 0.425. The van der Waals surface area contributed by atoms with Gasteiger partial charge in [-0.25, -0.2) is 4.99 Å². The van der Waals surface area contributed by atoms with Gasteiger partial charge in [0.2, 0.25) is 0 Å². The van der Waals surface area contributed by atoms with Crippen molar-refractivity contribution in [3.63, 3.8) is 0 Å². The van der Waals surface area contributed by atoms with Crippen LogP contribution in [0.25, 0.3) is 0 Å². The van der Waals surface area contributed by atoms with Gasteiger partial charge in [-0.3, -0.25) is 4.79 Å². The number of hydrogen-bond acceptors (Lipinski definition) is 5. The lowest BCUT2D eigenvalue weighted by Gasteiger charge is -2.16. The Kier molecular flexibility index (Phi) is 6.14. The summed E-state index contributed by atoms with van der Waals surface area (Å²) in [5.74, 6) is 1.67. The van der Waals surface area contributed by atoms with E-state index in [2.05, 4.69) is 20.1 Å². The molecule has 34 heavy (non-hydrogen) atoms. The third-order valence-corrected chi connectivity index (χ3v) is 8.23. The molecule has 1 aliphatic carbocycles. The minimum Gasteiger partial charge on any atom is -0.308 e. The molecule has 1 aromatic heterocycles. The van der Waals surface area contributed by atoms with Crippen LogP contribution >= 0.6 is 11.8 Å². The molecule has 2 fully saturated rings. The van der Waals surface area contributed by atoms with Crippen molar-refractivity contribution in [2.24, 2.45) is 17.5 Å². The smallest absolute Gasteiger partial charge is 0.308 e. The first-order valence-corrected chi connectivity index (χ1v) is 12.4. The van der Waals surface area contributed by atoms with Gasteiger partial charge in [0.1, 0.15) is 5.82 Å². The van der Waals surface area contributed by atoms with Gasteiger partial charge in [0, 0.05) is 31.6 Å². The number of alkyl halides is 3. The van der Waals surface area contributed by atoms with E-state index in [4.69, 9.17) is 0 Å². The van der Waals surface area contributed by atoms with Crippen molar-refractivity contribution >= 4 is 23.9 Å². The standard InChI is InChI=1S/C24H26F3N5OS/c1-31-21(17-5-8-20(33)28-14-17)29-30-22(31)34-12-2-10-32-11-9-23(15-32)13-19(23)16-3-6-18(7-4-16)24(25,26)27/h3-8,14,17,19H,2,9-13,15H2,1H3/t17?,19-,23+/m1/s1. The second-order valence-corrected chi connectivity index (χ2v) is 10.4. The molecule has 10 heteroatoms. The molecule has 2 aromatic rings. The van der Waals surface area contributed by atoms with E-state index in [1.807, 2.05) is 11.6 Å². The van der Waals surface area contributed by atoms with Gasteiger partial charge in [-0.2, -0.15) is 13.2 Å². The molecule has 5 rings (SSSR count). The number of hydrogen-bond donors (Lipinski definition) is 0. The Balaban J connectivity index is 1.08. The van der Waals surface area contributed by atoms with Crippen molar-refractivity contribution in [2.45, 2.75) is 42.4 Å². The third kappa shape index (κ3) is 4.70. The number of amides is 1. The molecule has 0 radical (unpaired) electrons. The van der Waals surface area contributed by atoms with Crippen molar-refractivity contribution in [3.8, 4) is 0 Å². The largest absolute Gasteiger partial charge is 0.416 e. The van der Waals surface area contributed by atoms with E-state index in [0.717, 1.165) is 61.2 Å². The van der Waals surface area contributed by atoms with Crippen LogP contribution in [-0.2, 0) is 18.0 Å². The second-order valence-electron chi connectivity index (χ2n) is 9.37. The lowest BCUT2D eigenvalue weighted by Crippen LogP contribution is -2.23. The summed E-state index contributed by atoms with van der Waals surface area (Å²) in [6.07, 6.45) is 3.75. The summed E-state index contributed by atoms with van der Waals surface area (Å²) in [4.78, 5) is 17.5. The zero-order valence-corrected chi connectivity index (χ0v) is 19.6. The molecule has 1 amide bonds. The van der Waals surface area contributed by atoms with E-state index in [-0.39, 0.29) is 17.2 Å². The van der Waals surface area contributed by atoms with E-state index >= 15 is 0 Å². The van der Waals surface area contributed by atoms with Gasteiger partial charge in [-0.05, 0) is 61.4 Å². The highest BCUT2D eigenvalue weighted by Gasteiger charge is 2.57. The summed E-state index contributed by atoms with van der Waals surface area (Å²) >= 11 is 1.67. The van der Waals surface area contributed by atoms with Crippen molar-refractivity contribution in [2.75, 3.05) is 25.4 Å². The lowest BCUT2D eigenvalue weighted by molar-refractivity contribution is -0.137. The molecule has 2 aliphatic heterocycles. The minimum atomic E-state index is -4.28. The average molecular weight is 490 g/mol. The number of thioether (sulfide) groups is 1. The highest BCUT2D eigenvalue weighted by molar-refractivity contribution is 7.99. The number of allylic oxidation sites excluding steroid dienone is 1. The fraction of sp³-hybridized carbons (Fsp3) is 0.500. The van der Waals surface area contributed by atoms with Gasteiger partial charge in [0.15, 0.2) is 5.16 Å². The Bertz CT molecular complexity index is 1110. The third-order valence-electron chi connectivity index (χ3n) is 7.12. The van der Waals surface area contributed by atoms with Crippen LogP contribution in [0.5, 0.6) is 0 Å². The van der Waals surface area contributed by atoms with E-state index < -0.39 is 11.7 Å². The zero-order chi connectivity index (χ0) is 23.9. The van der Waals surface area contributed by atoms with Crippen LogP contribution in [0.15, 0.2) is 46.6 Å². The Morgan fingerprint density at radius 3 is 2.71 bits per heavy atom. The second kappa shape index (κ2) is 8.96. The zero-order valence-electron chi connectivity index (χ0n) is 18.8. The van der Waals surface area contributed by atoms with Crippen LogP contribution in [0, 0.1) is 5.41 Å². The SMILES string of the molecule is Cn1c(SCCCN2CC[C@]3(C[C@@H]3c3ccc(C(F)(F)F)cc3)C2)nnc1C1C=CC(=O)N=C1. The highest BCUT2D eigenvalue weighted by Crippen LogP contribution is 2.64. The van der Waals surface area contributed by atoms with Gasteiger partial charge in [-0.15, -0.1) is 10.2 Å². The number of dihydropyridines is 1. The maximum atomic E-state index is 12.8. The van der Waals surface area contributed by atoms with Crippen molar-refractivity contribution in [3.05, 3.63) is 53.4 Å². The predicted octanol–water partition coefficient (Wildman–Crippen LogP) is 4.45. The molecule has 3 aliphatic rings. The maximum Gasteiger partial charge on any atom is 0.416 e. The number of carbonyl (C=O) groups is 1. The van der Waals surface area contributed by atoms with E-state index in [1.54, 1.807) is 36.2 Å². The van der Waals surface area contributed by atoms with Gasteiger partial charge in [0.25, 0.3) is 5.91 Å². The molecule has 3 atom stereocenters. The first kappa shape index (κ1) is 23.3. The number of halogens is 3. The highest BCUT2D eigenvalue weighted by atomic mass is 32.2. The van der Waals surface area contributed by atoms with Crippen molar-refractivity contribution in [1.82, 2.24) is 19.7 Å². The molecule has 6 nitrogen and oxygen atoms in total. The number of carbonyl (C=O) groups excluding carboxylic acids is 1. The summed E-state index contributed by atoms with van der Waals surface area (Å²) in [5.41, 5.74) is 0.692. The topological polar surface area (TPSA) is 63.4 Å². The molecule has 1 saturated heterocycles. The maximum absolute atomic E-state index is 12.8. The van der Waals surface area contributed by atoms with Crippen LogP contribution in [-0.4, -0.2) is 57.2 Å². The summed E-state index contributed by atoms with van der Waals surface area (Å²) in [5, 5.41) is 9.40. The number of benzene rings is 1. The number of aromatic nitrogens is 3. The summed E-state index contributed by atoms with van der Waals surface area (Å²) in [6, 6.07) is 5.73. The summed E-state index contributed by atoms with van der Waals surface area (Å²) in [6.45, 7) is 3.06. The fourth-order valence-corrected chi connectivity index (χ4v) is 5.97. The molecule has 0 bridgehead atoms. The summed E-state index contributed by atoms with van der Waals surface area (Å²) in [7, 11) is 1.93. The number of rotatable bonds is 7. The lowest BCUT2D eigenvalue weighted by atomic mass is 9.97. The monoisotopic (exact) mass is 489 g/mol. The molecule has 1 unspecified atom stereocenters. The minimum absolute atomic E-state index is 0.138. The molecular formula is C24H26F3N5OS. The van der Waals surface area contributed by atoms with E-state index in [1.165, 1.54) is 18.2 Å². The van der Waals surface area contributed by atoms with E-state index in [9.17, 15) is 18.0 Å². The van der Waals surface area contributed by atoms with Gasteiger partial charge < -0.3 is 9.47 Å². The average Bonchev–Trinajstić information content (AvgIpc) is 3.16. The fourth-order valence-electron chi connectivity index (χ4n) is 5.13. The molecule has 180 valence electrons. The van der Waals surface area contributed by atoms with Crippen LogP contribution in [0.3, 0.4) is 0 Å². The van der Waals surface area contributed by atoms with E-state index in [0.29, 0.717) is 5.92 Å². The van der Waals surface area contributed by atoms with Gasteiger partial charge in [0.05, 0.1) is 11.5 Å². The van der Waals surface area contributed by atoms with Gasteiger partial charge in [-0.1, -0.05) is 30.0 Å². The van der Waals surface area contributed by atoms with Crippen LogP contribution < -0.4 is 0 Å². The Labute approximate surface area is 200 Å². The van der Waals surface area contributed by atoms with Crippen LogP contribution in [0.2, 0.25) is 0 Å². The molecule has 3 heterocycles. The molecule has 1 aromatic carbocycles. The first-order valence-electron chi connectivity index (χ1n) is 11.4. The van der Waals surface area contributed by atoms with Gasteiger partial charge >= 0.3 is 6.18 Å². The molecular weight excluding hydrogens is 463 g/mol. The van der Waals surface area contributed by atoms with Crippen molar-refractivity contribution in [1.29, 1.82) is 0 Å². The normalized spacial score (nSPS) is 26.6. The first-order chi connectivity index (χ1) is 16.2. The Morgan fingerprint density at radius 2 is 2.00 bits per heavy atom. The Morgan fingerprint density at radius 1 is 1.21 bits per heavy atom. The molecule has 1 saturated carbocycles. The Hall–Kier alpha value is -2.46. The van der Waals surface area contributed by atoms with Crippen molar-refractivity contribution < 1.29 is 18.0 Å². The number of nitrogens with zero attached hydrogens (tertiary/aromatic N) is 5. The van der Waals surface area contributed by atoms with Crippen LogP contribution in [0.4, 0.5) is 13.2 Å². The number of aliphatic imine (C=N–C) groups is 1. The summed E-state index contributed by atoms with van der Waals surface area (Å²) < 4.78 is 40.4. The molecule has 1 spiro atoms. The molecule has 0 N–H and O–H groups in total. The number of likely N-dealkylation sites (tertiary alicyclic amines) is 1. The van der Waals surface area contributed by atoms with Crippen LogP contribution in [0.1, 0.15) is 48.0 Å².